The Kier molecular flexibility index (Phi) is 5.21. The van der Waals surface area contributed by atoms with E-state index in [2.05, 4.69) is 6.92 Å². The van der Waals surface area contributed by atoms with Crippen molar-refractivity contribution in [3.05, 3.63) is 35.9 Å². The summed E-state index contributed by atoms with van der Waals surface area (Å²) in [5.74, 6) is 0.794. The van der Waals surface area contributed by atoms with Crippen LogP contribution in [0.3, 0.4) is 0 Å². The number of hydrogen-bond donors (Lipinski definition) is 1. The topological polar surface area (TPSA) is 29.5 Å². The van der Waals surface area contributed by atoms with Gasteiger partial charge < -0.3 is 9.84 Å². The molecule has 100 valence electrons. The van der Waals surface area contributed by atoms with Crippen LogP contribution in [0.5, 0.6) is 0 Å². The van der Waals surface area contributed by atoms with Crippen LogP contribution in [-0.4, -0.2) is 17.8 Å². The Labute approximate surface area is 110 Å². The van der Waals surface area contributed by atoms with E-state index in [0.29, 0.717) is 19.1 Å². The van der Waals surface area contributed by atoms with Crippen LogP contribution in [0, 0.1) is 5.92 Å². The lowest BCUT2D eigenvalue weighted by atomic mass is 9.89. The second-order valence-corrected chi connectivity index (χ2v) is 5.48. The van der Waals surface area contributed by atoms with Gasteiger partial charge in [-0.15, -0.1) is 0 Å². The van der Waals surface area contributed by atoms with Gasteiger partial charge in [-0.1, -0.05) is 50.1 Å². The quantitative estimate of drug-likeness (QED) is 0.861. The van der Waals surface area contributed by atoms with Gasteiger partial charge in [-0.25, -0.2) is 0 Å². The number of rotatable bonds is 5. The Balaban J connectivity index is 1.69. The molecule has 0 bridgehead atoms. The van der Waals surface area contributed by atoms with Crippen LogP contribution in [0.1, 0.15) is 50.7 Å². The molecule has 3 unspecified atom stereocenters. The van der Waals surface area contributed by atoms with Gasteiger partial charge in [-0.3, -0.25) is 0 Å². The summed E-state index contributed by atoms with van der Waals surface area (Å²) in [6, 6.07) is 9.82. The van der Waals surface area contributed by atoms with E-state index in [0.717, 1.165) is 11.5 Å². The molecule has 2 heteroatoms. The molecule has 0 saturated heterocycles. The molecule has 1 saturated carbocycles. The van der Waals surface area contributed by atoms with Gasteiger partial charge in [0.2, 0.25) is 0 Å². The van der Waals surface area contributed by atoms with Crippen LogP contribution in [0.4, 0.5) is 0 Å². The monoisotopic (exact) mass is 248 g/mol. The van der Waals surface area contributed by atoms with Gasteiger partial charge in [0.25, 0.3) is 0 Å². The summed E-state index contributed by atoms with van der Waals surface area (Å²) in [7, 11) is 0. The lowest BCUT2D eigenvalue weighted by Gasteiger charge is -2.27. The van der Waals surface area contributed by atoms with Crippen LogP contribution < -0.4 is 0 Å². The van der Waals surface area contributed by atoms with Crippen molar-refractivity contribution in [1.82, 2.24) is 0 Å². The van der Waals surface area contributed by atoms with Crippen molar-refractivity contribution in [2.75, 3.05) is 6.61 Å². The molecule has 0 aromatic heterocycles. The van der Waals surface area contributed by atoms with Gasteiger partial charge in [0, 0.05) is 13.0 Å². The third-order valence-corrected chi connectivity index (χ3v) is 3.82. The van der Waals surface area contributed by atoms with Crippen LogP contribution in [0.25, 0.3) is 0 Å². The lowest BCUT2D eigenvalue weighted by Crippen LogP contribution is -2.22. The van der Waals surface area contributed by atoms with Gasteiger partial charge in [-0.2, -0.15) is 0 Å². The second-order valence-electron chi connectivity index (χ2n) is 5.48. The third-order valence-electron chi connectivity index (χ3n) is 3.82. The Morgan fingerprint density at radius 2 is 2.06 bits per heavy atom. The molecule has 2 rings (SSSR count). The zero-order valence-electron chi connectivity index (χ0n) is 11.2. The Morgan fingerprint density at radius 3 is 2.78 bits per heavy atom. The van der Waals surface area contributed by atoms with E-state index in [1.54, 1.807) is 0 Å². The van der Waals surface area contributed by atoms with Crippen molar-refractivity contribution in [3.63, 3.8) is 0 Å². The Hall–Kier alpha value is -0.860. The summed E-state index contributed by atoms with van der Waals surface area (Å²) in [5.41, 5.74) is 0.984. The van der Waals surface area contributed by atoms with E-state index in [9.17, 15) is 5.11 Å². The maximum absolute atomic E-state index is 10.0. The molecule has 0 radical (unpaired) electrons. The fourth-order valence-corrected chi connectivity index (χ4v) is 2.72. The van der Waals surface area contributed by atoms with Crippen molar-refractivity contribution >= 4 is 0 Å². The highest BCUT2D eigenvalue weighted by atomic mass is 16.5. The van der Waals surface area contributed by atoms with Crippen LogP contribution in [0.2, 0.25) is 0 Å². The molecule has 1 fully saturated rings. The number of aliphatic hydroxyl groups excluding tert-OH is 1. The summed E-state index contributed by atoms with van der Waals surface area (Å²) in [6.45, 7) is 2.96. The maximum atomic E-state index is 10.0. The normalized spacial score (nSPS) is 25.9. The fraction of sp³-hybridized carbons (Fsp3) is 0.625. The number of hydrogen-bond acceptors (Lipinski definition) is 2. The van der Waals surface area contributed by atoms with E-state index in [-0.39, 0.29) is 0 Å². The molecular formula is C16H24O2. The average Bonchev–Trinajstić information content (AvgIpc) is 2.40. The van der Waals surface area contributed by atoms with Gasteiger partial charge in [-0.05, 0) is 24.3 Å². The van der Waals surface area contributed by atoms with Crippen LogP contribution in [-0.2, 0) is 4.74 Å². The molecule has 3 atom stereocenters. The minimum Gasteiger partial charge on any atom is -0.388 e. The minimum absolute atomic E-state index is 0.396. The van der Waals surface area contributed by atoms with Crippen molar-refractivity contribution in [2.24, 2.45) is 5.92 Å². The van der Waals surface area contributed by atoms with E-state index in [1.165, 1.54) is 25.7 Å². The fourth-order valence-electron chi connectivity index (χ4n) is 2.72. The van der Waals surface area contributed by atoms with E-state index in [4.69, 9.17) is 4.74 Å². The summed E-state index contributed by atoms with van der Waals surface area (Å²) >= 11 is 0. The first kappa shape index (κ1) is 13.6. The smallest absolute Gasteiger partial charge is 0.0812 e. The molecule has 1 N–H and O–H groups in total. The van der Waals surface area contributed by atoms with Crippen molar-refractivity contribution < 1.29 is 9.84 Å². The molecular weight excluding hydrogens is 224 g/mol. The summed E-state index contributed by atoms with van der Waals surface area (Å²) in [5, 5.41) is 10.0. The summed E-state index contributed by atoms with van der Waals surface area (Å²) in [6.07, 6.45) is 5.70. The van der Waals surface area contributed by atoms with Crippen LogP contribution in [0.15, 0.2) is 30.3 Å². The second kappa shape index (κ2) is 6.91. The van der Waals surface area contributed by atoms with Gasteiger partial charge in [0.15, 0.2) is 0 Å². The van der Waals surface area contributed by atoms with Crippen LogP contribution >= 0.6 is 0 Å². The SMILES string of the molecule is CC1CCCC(OCCC(O)c2ccccc2)C1. The number of ether oxygens (including phenoxy) is 1. The highest BCUT2D eigenvalue weighted by molar-refractivity contribution is 5.17. The molecule has 1 aromatic carbocycles. The van der Waals surface area contributed by atoms with Gasteiger partial charge in [0.1, 0.15) is 0 Å². The highest BCUT2D eigenvalue weighted by Crippen LogP contribution is 2.26. The van der Waals surface area contributed by atoms with E-state index in [1.807, 2.05) is 30.3 Å². The average molecular weight is 248 g/mol. The molecule has 0 spiro atoms. The van der Waals surface area contributed by atoms with E-state index < -0.39 is 6.10 Å². The first-order valence-corrected chi connectivity index (χ1v) is 7.10. The molecule has 0 aliphatic heterocycles. The molecule has 1 aromatic rings. The maximum Gasteiger partial charge on any atom is 0.0812 e. The molecule has 1 aliphatic carbocycles. The molecule has 0 amide bonds. The molecule has 2 nitrogen and oxygen atoms in total. The first-order chi connectivity index (χ1) is 8.75. The Bertz CT molecular complexity index is 336. The zero-order chi connectivity index (χ0) is 12.8. The number of aliphatic hydroxyl groups is 1. The standard InChI is InChI=1S/C16H24O2/c1-13-6-5-9-15(12-13)18-11-10-16(17)14-7-3-2-4-8-14/h2-4,7-8,13,15-17H,5-6,9-12H2,1H3. The minimum atomic E-state index is -0.396. The zero-order valence-corrected chi connectivity index (χ0v) is 11.2. The van der Waals surface area contributed by atoms with Gasteiger partial charge in [0.05, 0.1) is 12.2 Å². The molecule has 1 aliphatic rings. The summed E-state index contributed by atoms with van der Waals surface area (Å²) in [4.78, 5) is 0. The molecule has 0 heterocycles. The van der Waals surface area contributed by atoms with Crippen molar-refractivity contribution in [3.8, 4) is 0 Å². The predicted octanol–water partition coefficient (Wildman–Crippen LogP) is 3.71. The van der Waals surface area contributed by atoms with Crippen molar-refractivity contribution in [1.29, 1.82) is 0 Å². The summed E-state index contributed by atoms with van der Waals surface area (Å²) < 4.78 is 5.89. The lowest BCUT2D eigenvalue weighted by molar-refractivity contribution is -0.00111. The number of benzene rings is 1. The predicted molar refractivity (Wildman–Crippen MR) is 73.4 cm³/mol. The van der Waals surface area contributed by atoms with E-state index >= 15 is 0 Å². The largest absolute Gasteiger partial charge is 0.388 e. The highest BCUT2D eigenvalue weighted by Gasteiger charge is 2.19. The first-order valence-electron chi connectivity index (χ1n) is 7.10. The third kappa shape index (κ3) is 4.11. The Morgan fingerprint density at radius 1 is 1.28 bits per heavy atom. The van der Waals surface area contributed by atoms with Crippen molar-refractivity contribution in [2.45, 2.75) is 51.2 Å². The van der Waals surface area contributed by atoms with Gasteiger partial charge >= 0.3 is 0 Å². The molecule has 18 heavy (non-hydrogen) atoms.